The van der Waals surface area contributed by atoms with Crippen LogP contribution in [-0.2, 0) is 17.8 Å². The SMILES string of the molecule is CCc1nc2ccccc2n1CC(=O)Nc1ccc(Cl)c(Cl)c1. The minimum atomic E-state index is -0.138. The lowest BCUT2D eigenvalue weighted by Gasteiger charge is -2.10. The van der Waals surface area contributed by atoms with E-state index in [0.29, 0.717) is 15.7 Å². The van der Waals surface area contributed by atoms with Crippen molar-refractivity contribution in [3.63, 3.8) is 0 Å². The number of rotatable bonds is 4. The van der Waals surface area contributed by atoms with Gasteiger partial charge >= 0.3 is 0 Å². The summed E-state index contributed by atoms with van der Waals surface area (Å²) in [4.78, 5) is 16.9. The van der Waals surface area contributed by atoms with Gasteiger partial charge in [-0.05, 0) is 30.3 Å². The molecule has 3 aromatic rings. The lowest BCUT2D eigenvalue weighted by atomic mass is 10.3. The molecule has 6 heteroatoms. The van der Waals surface area contributed by atoms with E-state index in [1.807, 2.05) is 35.8 Å². The molecule has 0 aliphatic rings. The number of halogens is 2. The van der Waals surface area contributed by atoms with E-state index in [0.717, 1.165) is 23.3 Å². The second kappa shape index (κ2) is 6.60. The van der Waals surface area contributed by atoms with E-state index < -0.39 is 0 Å². The molecule has 3 rings (SSSR count). The maximum Gasteiger partial charge on any atom is 0.244 e. The lowest BCUT2D eigenvalue weighted by Crippen LogP contribution is -2.20. The number of amides is 1. The average molecular weight is 348 g/mol. The Morgan fingerprint density at radius 1 is 1.17 bits per heavy atom. The Hall–Kier alpha value is -2.04. The van der Waals surface area contributed by atoms with E-state index in [1.165, 1.54) is 0 Å². The van der Waals surface area contributed by atoms with Gasteiger partial charge in [0.15, 0.2) is 0 Å². The van der Waals surface area contributed by atoms with E-state index >= 15 is 0 Å². The molecule has 23 heavy (non-hydrogen) atoms. The number of nitrogens with zero attached hydrogens (tertiary/aromatic N) is 2. The summed E-state index contributed by atoms with van der Waals surface area (Å²) in [6.45, 7) is 2.22. The number of carbonyl (C=O) groups is 1. The molecular weight excluding hydrogens is 333 g/mol. The van der Waals surface area contributed by atoms with E-state index in [2.05, 4.69) is 10.3 Å². The molecule has 0 saturated carbocycles. The third kappa shape index (κ3) is 3.33. The fourth-order valence-corrected chi connectivity index (χ4v) is 2.79. The largest absolute Gasteiger partial charge is 0.324 e. The van der Waals surface area contributed by atoms with E-state index in [4.69, 9.17) is 23.2 Å². The molecule has 0 saturated heterocycles. The molecule has 0 radical (unpaired) electrons. The lowest BCUT2D eigenvalue weighted by molar-refractivity contribution is -0.116. The van der Waals surface area contributed by atoms with Gasteiger partial charge in [0.05, 0.1) is 21.1 Å². The first-order valence-corrected chi connectivity index (χ1v) is 8.03. The van der Waals surface area contributed by atoms with E-state index in [9.17, 15) is 4.79 Å². The van der Waals surface area contributed by atoms with Gasteiger partial charge < -0.3 is 9.88 Å². The molecule has 2 aromatic carbocycles. The van der Waals surface area contributed by atoms with Crippen LogP contribution in [0, 0.1) is 0 Å². The highest BCUT2D eigenvalue weighted by Gasteiger charge is 2.12. The van der Waals surface area contributed by atoms with Crippen LogP contribution in [0.4, 0.5) is 5.69 Å². The monoisotopic (exact) mass is 347 g/mol. The van der Waals surface area contributed by atoms with Crippen molar-refractivity contribution < 1.29 is 4.79 Å². The summed E-state index contributed by atoms with van der Waals surface area (Å²) in [5.41, 5.74) is 2.46. The number of nitrogens with one attached hydrogen (secondary N) is 1. The molecule has 0 spiro atoms. The Morgan fingerprint density at radius 2 is 1.96 bits per heavy atom. The highest BCUT2D eigenvalue weighted by Crippen LogP contribution is 2.25. The Morgan fingerprint density at radius 3 is 2.70 bits per heavy atom. The van der Waals surface area contributed by atoms with Gasteiger partial charge in [-0.2, -0.15) is 0 Å². The van der Waals surface area contributed by atoms with Crippen molar-refractivity contribution in [2.75, 3.05) is 5.32 Å². The number of aryl methyl sites for hydroxylation is 1. The van der Waals surface area contributed by atoms with Crippen molar-refractivity contribution >= 4 is 45.8 Å². The zero-order valence-electron chi connectivity index (χ0n) is 12.5. The average Bonchev–Trinajstić information content (AvgIpc) is 2.89. The van der Waals surface area contributed by atoms with Gasteiger partial charge in [-0.1, -0.05) is 42.3 Å². The Kier molecular flexibility index (Phi) is 4.55. The van der Waals surface area contributed by atoms with Gasteiger partial charge in [0.25, 0.3) is 0 Å². The number of carbonyl (C=O) groups excluding carboxylic acids is 1. The summed E-state index contributed by atoms with van der Waals surface area (Å²) in [5, 5.41) is 3.70. The predicted molar refractivity (Wildman–Crippen MR) is 94.2 cm³/mol. The first-order chi connectivity index (χ1) is 11.1. The maximum atomic E-state index is 12.4. The van der Waals surface area contributed by atoms with Crippen LogP contribution < -0.4 is 5.32 Å². The first kappa shape index (κ1) is 15.8. The predicted octanol–water partition coefficient (Wildman–Crippen LogP) is 4.54. The molecule has 0 bridgehead atoms. The van der Waals surface area contributed by atoms with Crippen LogP contribution in [0.15, 0.2) is 42.5 Å². The first-order valence-electron chi connectivity index (χ1n) is 7.27. The zero-order valence-corrected chi connectivity index (χ0v) is 14.0. The van der Waals surface area contributed by atoms with Crippen molar-refractivity contribution in [3.05, 3.63) is 58.3 Å². The van der Waals surface area contributed by atoms with Gasteiger partial charge in [-0.3, -0.25) is 4.79 Å². The molecule has 0 fully saturated rings. The van der Waals surface area contributed by atoms with Crippen molar-refractivity contribution in [3.8, 4) is 0 Å². The molecule has 0 atom stereocenters. The highest BCUT2D eigenvalue weighted by atomic mass is 35.5. The van der Waals surface area contributed by atoms with Crippen molar-refractivity contribution in [2.24, 2.45) is 0 Å². The number of imidazole rings is 1. The summed E-state index contributed by atoms with van der Waals surface area (Å²) in [5.74, 6) is 0.747. The summed E-state index contributed by atoms with van der Waals surface area (Å²) >= 11 is 11.8. The normalized spacial score (nSPS) is 10.9. The minimum absolute atomic E-state index is 0.138. The number of benzene rings is 2. The van der Waals surface area contributed by atoms with Crippen LogP contribution in [0.5, 0.6) is 0 Å². The molecule has 0 aliphatic heterocycles. The Bertz CT molecular complexity index is 873. The molecule has 1 N–H and O–H groups in total. The summed E-state index contributed by atoms with van der Waals surface area (Å²) < 4.78 is 1.93. The summed E-state index contributed by atoms with van der Waals surface area (Å²) in [7, 11) is 0. The Balaban J connectivity index is 1.83. The number of para-hydroxylation sites is 2. The molecular formula is C17H15Cl2N3O. The standard InChI is InChI=1S/C17H15Cl2N3O/c1-2-16-21-14-5-3-4-6-15(14)22(16)10-17(23)20-11-7-8-12(18)13(19)9-11/h3-9H,2,10H2,1H3,(H,20,23). The molecule has 1 aromatic heterocycles. The third-order valence-corrected chi connectivity index (χ3v) is 4.29. The smallest absolute Gasteiger partial charge is 0.244 e. The van der Waals surface area contributed by atoms with Crippen molar-refractivity contribution in [1.29, 1.82) is 0 Å². The molecule has 1 heterocycles. The Labute approximate surface area is 144 Å². The zero-order chi connectivity index (χ0) is 16.4. The topological polar surface area (TPSA) is 46.9 Å². The van der Waals surface area contributed by atoms with Crippen molar-refractivity contribution in [1.82, 2.24) is 9.55 Å². The van der Waals surface area contributed by atoms with Crippen LogP contribution in [0.3, 0.4) is 0 Å². The van der Waals surface area contributed by atoms with E-state index in [1.54, 1.807) is 18.2 Å². The van der Waals surface area contributed by atoms with Crippen LogP contribution in [0.25, 0.3) is 11.0 Å². The summed E-state index contributed by atoms with van der Waals surface area (Å²) in [6, 6.07) is 12.8. The van der Waals surface area contributed by atoms with Gasteiger partial charge in [0.2, 0.25) is 5.91 Å². The number of hydrogen-bond donors (Lipinski definition) is 1. The second-order valence-corrected chi connectivity index (χ2v) is 5.95. The molecule has 1 amide bonds. The number of aromatic nitrogens is 2. The maximum absolute atomic E-state index is 12.4. The number of fused-ring (bicyclic) bond motifs is 1. The van der Waals surface area contributed by atoms with Crippen LogP contribution >= 0.6 is 23.2 Å². The molecule has 0 aliphatic carbocycles. The number of hydrogen-bond acceptors (Lipinski definition) is 2. The van der Waals surface area contributed by atoms with Gasteiger partial charge in [-0.25, -0.2) is 4.98 Å². The van der Waals surface area contributed by atoms with Crippen LogP contribution in [0.2, 0.25) is 10.0 Å². The second-order valence-electron chi connectivity index (χ2n) is 5.13. The molecule has 0 unspecified atom stereocenters. The number of anilines is 1. The van der Waals surface area contributed by atoms with Gasteiger partial charge in [0, 0.05) is 12.1 Å². The van der Waals surface area contributed by atoms with Gasteiger partial charge in [0.1, 0.15) is 12.4 Å². The van der Waals surface area contributed by atoms with Crippen molar-refractivity contribution in [2.45, 2.75) is 19.9 Å². The molecule has 4 nitrogen and oxygen atoms in total. The quantitative estimate of drug-likeness (QED) is 0.752. The minimum Gasteiger partial charge on any atom is -0.324 e. The fourth-order valence-electron chi connectivity index (χ4n) is 2.49. The highest BCUT2D eigenvalue weighted by molar-refractivity contribution is 6.42. The summed E-state index contributed by atoms with van der Waals surface area (Å²) in [6.07, 6.45) is 0.759. The molecule has 118 valence electrons. The van der Waals surface area contributed by atoms with E-state index in [-0.39, 0.29) is 12.5 Å². The third-order valence-electron chi connectivity index (χ3n) is 3.55. The van der Waals surface area contributed by atoms with Crippen LogP contribution in [0.1, 0.15) is 12.7 Å². The van der Waals surface area contributed by atoms with Gasteiger partial charge in [-0.15, -0.1) is 0 Å². The fraction of sp³-hybridized carbons (Fsp3) is 0.176. The van der Waals surface area contributed by atoms with Crippen LogP contribution in [-0.4, -0.2) is 15.5 Å².